The number of sulfonamides is 1. The second-order valence-electron chi connectivity index (χ2n) is 11.2. The lowest BCUT2D eigenvalue weighted by Gasteiger charge is -2.32. The molecule has 0 bridgehead atoms. The zero-order valence-electron chi connectivity index (χ0n) is 23.8. The van der Waals surface area contributed by atoms with Crippen molar-refractivity contribution in [3.8, 4) is 0 Å². The zero-order valence-corrected chi connectivity index (χ0v) is 25.4. The number of H-pyrrole nitrogens is 1. The average Bonchev–Trinajstić information content (AvgIpc) is 3.36. The number of rotatable bonds is 8. The van der Waals surface area contributed by atoms with Crippen LogP contribution in [0.4, 0.5) is 5.69 Å². The SMILES string of the molecule is Cc1ccc(S(=O)(=O)Nc2ccc3c(c2)CCN(C(=O)[C@@H](CNC(=O)C(C)(C)N)c2c[nH]c4ccccc24)C3)cc1.Cl. The van der Waals surface area contributed by atoms with Gasteiger partial charge in [-0.1, -0.05) is 42.0 Å². The summed E-state index contributed by atoms with van der Waals surface area (Å²) in [6.45, 7) is 6.12. The number of anilines is 1. The van der Waals surface area contributed by atoms with E-state index < -0.39 is 21.5 Å². The number of amides is 2. The van der Waals surface area contributed by atoms with Crippen LogP contribution in [0, 0.1) is 6.92 Å². The van der Waals surface area contributed by atoms with Crippen LogP contribution in [-0.2, 0) is 32.6 Å². The fraction of sp³-hybridized carbons (Fsp3) is 0.290. The van der Waals surface area contributed by atoms with Gasteiger partial charge in [-0.15, -0.1) is 12.4 Å². The number of hydrogen-bond acceptors (Lipinski definition) is 5. The Balaban J connectivity index is 0.00000405. The molecule has 9 nitrogen and oxygen atoms in total. The molecule has 0 radical (unpaired) electrons. The molecule has 3 aromatic carbocycles. The Kier molecular flexibility index (Phi) is 9.01. The van der Waals surface area contributed by atoms with Crippen molar-refractivity contribution in [1.82, 2.24) is 15.2 Å². The molecule has 0 saturated heterocycles. The summed E-state index contributed by atoms with van der Waals surface area (Å²) in [7, 11) is -3.72. The third-order valence-electron chi connectivity index (χ3n) is 7.46. The van der Waals surface area contributed by atoms with Gasteiger partial charge in [0.05, 0.1) is 16.4 Å². The number of hydrogen-bond donors (Lipinski definition) is 4. The van der Waals surface area contributed by atoms with Crippen LogP contribution in [0.5, 0.6) is 0 Å². The van der Waals surface area contributed by atoms with Crippen LogP contribution in [0.25, 0.3) is 10.9 Å². The largest absolute Gasteiger partial charge is 0.361 e. The number of benzene rings is 3. The summed E-state index contributed by atoms with van der Waals surface area (Å²) < 4.78 is 28.4. The molecular weight excluding hydrogens is 574 g/mol. The first-order valence-electron chi connectivity index (χ1n) is 13.6. The van der Waals surface area contributed by atoms with Crippen molar-refractivity contribution < 1.29 is 18.0 Å². The van der Waals surface area contributed by atoms with Gasteiger partial charge in [-0.25, -0.2) is 8.42 Å². The zero-order chi connectivity index (χ0) is 29.4. The minimum atomic E-state index is -3.72. The first-order valence-corrected chi connectivity index (χ1v) is 15.0. The second-order valence-corrected chi connectivity index (χ2v) is 12.9. The highest BCUT2D eigenvalue weighted by atomic mass is 35.5. The molecule has 0 unspecified atom stereocenters. The lowest BCUT2D eigenvalue weighted by Crippen LogP contribution is -2.51. The van der Waals surface area contributed by atoms with Crippen LogP contribution < -0.4 is 15.8 Å². The highest BCUT2D eigenvalue weighted by Crippen LogP contribution is 2.30. The highest BCUT2D eigenvalue weighted by molar-refractivity contribution is 7.92. The van der Waals surface area contributed by atoms with E-state index >= 15 is 0 Å². The molecule has 2 amide bonds. The van der Waals surface area contributed by atoms with E-state index in [0.29, 0.717) is 25.2 Å². The summed E-state index contributed by atoms with van der Waals surface area (Å²) in [5, 5.41) is 3.80. The molecule has 0 fully saturated rings. The molecule has 0 aliphatic carbocycles. The van der Waals surface area contributed by atoms with Crippen molar-refractivity contribution >= 4 is 50.8 Å². The molecule has 0 spiro atoms. The summed E-state index contributed by atoms with van der Waals surface area (Å²) in [5.41, 5.74) is 10.0. The number of aryl methyl sites for hydroxylation is 1. The standard InChI is InChI=1S/C31H35N5O4S.ClH/c1-20-8-12-24(13-9-20)41(39,40)35-23-11-10-22-19-36(15-14-21(22)16-23)29(37)27(18-34-30(38)31(2,3)32)26-17-33-28-7-5-4-6-25(26)28;/h4-13,16-17,27,33,35H,14-15,18-19,32H2,1-3H3,(H,34,38);1H/t27-;/m0./s1. The van der Waals surface area contributed by atoms with Gasteiger partial charge in [0.25, 0.3) is 10.0 Å². The molecule has 5 rings (SSSR count). The first kappa shape index (κ1) is 31.1. The van der Waals surface area contributed by atoms with Crippen LogP contribution in [0.1, 0.15) is 42.0 Å². The van der Waals surface area contributed by atoms with Crippen molar-refractivity contribution in [3.05, 3.63) is 95.2 Å². The minimum Gasteiger partial charge on any atom is -0.361 e. The molecule has 5 N–H and O–H groups in total. The van der Waals surface area contributed by atoms with E-state index in [1.807, 2.05) is 49.5 Å². The number of nitrogens with two attached hydrogens (primary N) is 1. The topological polar surface area (TPSA) is 137 Å². The fourth-order valence-corrected chi connectivity index (χ4v) is 6.14. The van der Waals surface area contributed by atoms with Gasteiger partial charge in [0.1, 0.15) is 0 Å². The van der Waals surface area contributed by atoms with Crippen molar-refractivity contribution in [2.24, 2.45) is 5.73 Å². The van der Waals surface area contributed by atoms with Crippen LogP contribution >= 0.6 is 12.4 Å². The number of fused-ring (bicyclic) bond motifs is 2. The third kappa shape index (κ3) is 6.61. The van der Waals surface area contributed by atoms with E-state index in [9.17, 15) is 18.0 Å². The minimum absolute atomic E-state index is 0. The van der Waals surface area contributed by atoms with E-state index in [-0.39, 0.29) is 35.7 Å². The van der Waals surface area contributed by atoms with Crippen molar-refractivity contribution in [2.45, 2.75) is 50.1 Å². The number of halogens is 1. The smallest absolute Gasteiger partial charge is 0.261 e. The molecule has 2 heterocycles. The Hall–Kier alpha value is -3.86. The van der Waals surface area contributed by atoms with Gasteiger partial charge in [-0.05, 0) is 74.2 Å². The molecule has 11 heteroatoms. The Morgan fingerprint density at radius 3 is 2.48 bits per heavy atom. The number of nitrogens with one attached hydrogen (secondary N) is 3. The molecule has 1 atom stereocenters. The van der Waals surface area contributed by atoms with Crippen LogP contribution in [0.15, 0.2) is 77.8 Å². The van der Waals surface area contributed by atoms with E-state index in [1.54, 1.807) is 49.1 Å². The second kappa shape index (κ2) is 12.2. The van der Waals surface area contributed by atoms with Gasteiger partial charge in [-0.3, -0.25) is 14.3 Å². The molecule has 1 aliphatic heterocycles. The lowest BCUT2D eigenvalue weighted by molar-refractivity contribution is -0.134. The van der Waals surface area contributed by atoms with Crippen molar-refractivity contribution in [3.63, 3.8) is 0 Å². The Morgan fingerprint density at radius 1 is 1.05 bits per heavy atom. The summed E-state index contributed by atoms with van der Waals surface area (Å²) in [6, 6.07) is 19.9. The summed E-state index contributed by atoms with van der Waals surface area (Å²) in [5.74, 6) is -1.04. The number of carbonyl (C=O) groups is 2. The number of nitrogens with zero attached hydrogens (tertiary/aromatic N) is 1. The monoisotopic (exact) mass is 609 g/mol. The van der Waals surface area contributed by atoms with Crippen molar-refractivity contribution in [1.29, 1.82) is 0 Å². The van der Waals surface area contributed by atoms with E-state index in [4.69, 9.17) is 5.73 Å². The predicted octanol–water partition coefficient (Wildman–Crippen LogP) is 4.22. The van der Waals surface area contributed by atoms with Crippen molar-refractivity contribution in [2.75, 3.05) is 17.8 Å². The Morgan fingerprint density at radius 2 is 1.76 bits per heavy atom. The third-order valence-corrected chi connectivity index (χ3v) is 8.86. The average molecular weight is 610 g/mol. The Labute approximate surface area is 252 Å². The van der Waals surface area contributed by atoms with Gasteiger partial charge in [-0.2, -0.15) is 0 Å². The highest BCUT2D eigenvalue weighted by Gasteiger charge is 2.32. The molecule has 222 valence electrons. The van der Waals surface area contributed by atoms with E-state index in [1.165, 1.54) is 0 Å². The molecule has 1 aromatic heterocycles. The maximum atomic E-state index is 14.0. The van der Waals surface area contributed by atoms with Crippen LogP contribution in [0.3, 0.4) is 0 Å². The van der Waals surface area contributed by atoms with Gasteiger partial charge in [0, 0.05) is 42.4 Å². The predicted molar refractivity (Wildman–Crippen MR) is 167 cm³/mol. The first-order chi connectivity index (χ1) is 19.4. The van der Waals surface area contributed by atoms with E-state index in [0.717, 1.165) is 33.2 Å². The maximum Gasteiger partial charge on any atom is 0.261 e. The van der Waals surface area contributed by atoms with Gasteiger partial charge in [0.2, 0.25) is 11.8 Å². The molecule has 4 aromatic rings. The Bertz CT molecular complexity index is 1710. The van der Waals surface area contributed by atoms with Gasteiger partial charge >= 0.3 is 0 Å². The van der Waals surface area contributed by atoms with Gasteiger partial charge in [0.15, 0.2) is 0 Å². The summed E-state index contributed by atoms with van der Waals surface area (Å²) >= 11 is 0. The summed E-state index contributed by atoms with van der Waals surface area (Å²) in [4.78, 5) is 31.8. The van der Waals surface area contributed by atoms with Crippen LogP contribution in [0.2, 0.25) is 0 Å². The molecule has 1 aliphatic rings. The lowest BCUT2D eigenvalue weighted by atomic mass is 9.93. The maximum absolute atomic E-state index is 14.0. The summed E-state index contributed by atoms with van der Waals surface area (Å²) in [6.07, 6.45) is 2.40. The number of para-hydroxylation sites is 1. The molecule has 0 saturated carbocycles. The normalized spacial score (nSPS) is 14.0. The van der Waals surface area contributed by atoms with E-state index in [2.05, 4.69) is 15.0 Å². The number of aromatic amines is 1. The van der Waals surface area contributed by atoms with Gasteiger partial charge < -0.3 is 20.9 Å². The molecular formula is C31H36ClN5O4S. The quantitative estimate of drug-likeness (QED) is 0.237. The fourth-order valence-electron chi connectivity index (χ4n) is 5.09. The number of carbonyl (C=O) groups excluding carboxylic acids is 2. The molecule has 42 heavy (non-hydrogen) atoms. The number of aromatic nitrogens is 1. The van der Waals surface area contributed by atoms with Crippen LogP contribution in [-0.4, -0.2) is 48.7 Å².